The molecule has 0 unspecified atom stereocenters. The average molecular weight is 276 g/mol. The van der Waals surface area contributed by atoms with Crippen molar-refractivity contribution in [3.8, 4) is 5.75 Å². The highest BCUT2D eigenvalue weighted by atomic mass is 35.5. The van der Waals surface area contributed by atoms with E-state index in [-0.39, 0.29) is 0 Å². The van der Waals surface area contributed by atoms with Crippen LogP contribution >= 0.6 is 11.6 Å². The van der Waals surface area contributed by atoms with Crippen LogP contribution in [0.5, 0.6) is 5.75 Å². The van der Waals surface area contributed by atoms with Crippen molar-refractivity contribution in [2.24, 2.45) is 0 Å². The van der Waals surface area contributed by atoms with Crippen LogP contribution in [0.3, 0.4) is 0 Å². The summed E-state index contributed by atoms with van der Waals surface area (Å²) in [4.78, 5) is 12.3. The number of halogens is 1. The predicted molar refractivity (Wildman–Crippen MR) is 70.1 cm³/mol. The maximum absolute atomic E-state index is 6.02. The van der Waals surface area contributed by atoms with Gasteiger partial charge in [-0.3, -0.25) is 4.98 Å². The molecule has 0 atom stereocenters. The normalized spacial score (nSPS) is 10.8. The first-order valence-electron chi connectivity index (χ1n) is 5.68. The quantitative estimate of drug-likeness (QED) is 0.728. The number of rotatable bonds is 4. The first-order valence-corrected chi connectivity index (χ1v) is 6.06. The van der Waals surface area contributed by atoms with Gasteiger partial charge in [0.1, 0.15) is 30.5 Å². The van der Waals surface area contributed by atoms with Gasteiger partial charge in [-0.25, -0.2) is 14.6 Å². The van der Waals surface area contributed by atoms with E-state index >= 15 is 0 Å². The van der Waals surface area contributed by atoms with Crippen molar-refractivity contribution >= 4 is 22.6 Å². The summed E-state index contributed by atoms with van der Waals surface area (Å²) >= 11 is 6.02. The molecular formula is C12H10ClN5O. The van der Waals surface area contributed by atoms with Gasteiger partial charge in [-0.2, -0.15) is 5.10 Å². The van der Waals surface area contributed by atoms with Crippen molar-refractivity contribution in [1.29, 1.82) is 0 Å². The van der Waals surface area contributed by atoms with Gasteiger partial charge in [-0.1, -0.05) is 11.6 Å². The van der Waals surface area contributed by atoms with Crippen molar-refractivity contribution in [3.63, 3.8) is 0 Å². The summed E-state index contributed by atoms with van der Waals surface area (Å²) in [7, 11) is 0. The zero-order valence-corrected chi connectivity index (χ0v) is 10.7. The van der Waals surface area contributed by atoms with E-state index in [0.717, 1.165) is 0 Å². The minimum Gasteiger partial charge on any atom is -0.490 e. The second-order valence-electron chi connectivity index (χ2n) is 3.84. The Bertz CT molecular complexity index is 686. The van der Waals surface area contributed by atoms with Gasteiger partial charge in [0, 0.05) is 12.3 Å². The Morgan fingerprint density at radius 1 is 1.32 bits per heavy atom. The van der Waals surface area contributed by atoms with Crippen molar-refractivity contribution in [2.45, 2.75) is 6.54 Å². The zero-order chi connectivity index (χ0) is 13.1. The minimum absolute atomic E-state index is 0.483. The molecule has 0 amide bonds. The number of hydrogen-bond acceptors (Lipinski definition) is 5. The van der Waals surface area contributed by atoms with Gasteiger partial charge in [-0.05, 0) is 6.07 Å². The molecule has 19 heavy (non-hydrogen) atoms. The van der Waals surface area contributed by atoms with Crippen LogP contribution in [0.1, 0.15) is 0 Å². The third-order valence-electron chi connectivity index (χ3n) is 2.56. The number of nitrogens with zero attached hydrogens (tertiary/aromatic N) is 5. The van der Waals surface area contributed by atoms with Crippen LogP contribution < -0.4 is 4.74 Å². The molecule has 7 heteroatoms. The van der Waals surface area contributed by atoms with Crippen molar-refractivity contribution in [3.05, 3.63) is 42.2 Å². The maximum Gasteiger partial charge on any atom is 0.139 e. The van der Waals surface area contributed by atoms with E-state index in [1.165, 1.54) is 6.33 Å². The van der Waals surface area contributed by atoms with Gasteiger partial charge in [0.15, 0.2) is 0 Å². The van der Waals surface area contributed by atoms with E-state index < -0.39 is 0 Å². The van der Waals surface area contributed by atoms with Crippen molar-refractivity contribution in [1.82, 2.24) is 24.7 Å². The summed E-state index contributed by atoms with van der Waals surface area (Å²) in [5.41, 5.74) is 1.39. The second kappa shape index (κ2) is 5.19. The molecule has 0 aliphatic carbocycles. The van der Waals surface area contributed by atoms with E-state index in [1.54, 1.807) is 29.5 Å². The number of ether oxygens (including phenoxy) is 1. The summed E-state index contributed by atoms with van der Waals surface area (Å²) < 4.78 is 7.29. The van der Waals surface area contributed by atoms with Gasteiger partial charge >= 0.3 is 0 Å². The molecule has 3 heterocycles. The van der Waals surface area contributed by atoms with Crippen molar-refractivity contribution in [2.75, 3.05) is 6.61 Å². The Hall–Kier alpha value is -2.21. The first-order chi connectivity index (χ1) is 9.33. The Morgan fingerprint density at radius 2 is 2.26 bits per heavy atom. The van der Waals surface area contributed by atoms with Gasteiger partial charge < -0.3 is 4.74 Å². The molecule has 0 aromatic carbocycles. The Kier molecular flexibility index (Phi) is 3.24. The van der Waals surface area contributed by atoms with Crippen molar-refractivity contribution < 1.29 is 4.74 Å². The molecule has 0 saturated carbocycles. The predicted octanol–water partition coefficient (Wildman–Crippen LogP) is 1.95. The summed E-state index contributed by atoms with van der Waals surface area (Å²) in [5.74, 6) is 0.655. The molecular weight excluding hydrogens is 266 g/mol. The third kappa shape index (κ3) is 2.63. The molecule has 0 fully saturated rings. The molecule has 0 N–H and O–H groups in total. The fourth-order valence-corrected chi connectivity index (χ4v) is 1.87. The largest absolute Gasteiger partial charge is 0.490 e. The summed E-state index contributed by atoms with van der Waals surface area (Å²) in [6, 6.07) is 3.53. The second-order valence-corrected chi connectivity index (χ2v) is 4.25. The molecule has 0 saturated heterocycles. The molecule has 0 aliphatic heterocycles. The lowest BCUT2D eigenvalue weighted by atomic mass is 10.3. The molecule has 0 radical (unpaired) electrons. The lowest BCUT2D eigenvalue weighted by molar-refractivity contribution is 0.290. The lowest BCUT2D eigenvalue weighted by Crippen LogP contribution is -2.08. The SMILES string of the molecule is Clc1ccnc2cc(OCCn3cncn3)cnc12. The number of hydrogen-bond donors (Lipinski definition) is 0. The number of fused-ring (bicyclic) bond motifs is 1. The molecule has 3 aromatic heterocycles. The standard InChI is InChI=1S/C12H10ClN5O/c13-10-1-2-15-11-5-9(6-16-12(10)11)19-4-3-18-8-14-7-17-18/h1-2,5-8H,3-4H2. The summed E-state index contributed by atoms with van der Waals surface area (Å²) in [6.45, 7) is 1.11. The summed E-state index contributed by atoms with van der Waals surface area (Å²) in [5, 5.41) is 4.57. The van der Waals surface area contributed by atoms with Crippen LogP contribution in [0.2, 0.25) is 5.02 Å². The van der Waals surface area contributed by atoms with Gasteiger partial charge in [0.2, 0.25) is 0 Å². The molecule has 0 bridgehead atoms. The topological polar surface area (TPSA) is 65.7 Å². The van der Waals surface area contributed by atoms with E-state index in [0.29, 0.717) is 35.0 Å². The minimum atomic E-state index is 0.483. The van der Waals surface area contributed by atoms with Crippen LogP contribution in [0.15, 0.2) is 37.2 Å². The molecule has 96 valence electrons. The average Bonchev–Trinajstić information content (AvgIpc) is 2.92. The van der Waals surface area contributed by atoms with Crippen LogP contribution in [0.25, 0.3) is 11.0 Å². The fraction of sp³-hybridized carbons (Fsp3) is 0.167. The Labute approximate surface area is 114 Å². The van der Waals surface area contributed by atoms with E-state index in [1.807, 2.05) is 6.07 Å². The van der Waals surface area contributed by atoms with Crippen LogP contribution in [0.4, 0.5) is 0 Å². The zero-order valence-electron chi connectivity index (χ0n) is 9.90. The van der Waals surface area contributed by atoms with Crippen LogP contribution in [-0.2, 0) is 6.54 Å². The van der Waals surface area contributed by atoms with Gasteiger partial charge in [0.25, 0.3) is 0 Å². The monoisotopic (exact) mass is 275 g/mol. The van der Waals surface area contributed by atoms with E-state index in [9.17, 15) is 0 Å². The highest BCUT2D eigenvalue weighted by Gasteiger charge is 2.03. The molecule has 0 spiro atoms. The highest BCUT2D eigenvalue weighted by Crippen LogP contribution is 2.22. The van der Waals surface area contributed by atoms with Crippen LogP contribution in [-0.4, -0.2) is 31.3 Å². The molecule has 6 nitrogen and oxygen atoms in total. The fourth-order valence-electron chi connectivity index (χ4n) is 1.66. The van der Waals surface area contributed by atoms with E-state index in [2.05, 4.69) is 20.1 Å². The van der Waals surface area contributed by atoms with Gasteiger partial charge in [0.05, 0.1) is 23.3 Å². The molecule has 0 aliphatic rings. The lowest BCUT2D eigenvalue weighted by Gasteiger charge is -2.06. The third-order valence-corrected chi connectivity index (χ3v) is 2.86. The van der Waals surface area contributed by atoms with Gasteiger partial charge in [-0.15, -0.1) is 0 Å². The molecule has 3 aromatic rings. The smallest absolute Gasteiger partial charge is 0.139 e. The number of aromatic nitrogens is 5. The van der Waals surface area contributed by atoms with E-state index in [4.69, 9.17) is 16.3 Å². The summed E-state index contributed by atoms with van der Waals surface area (Å²) in [6.07, 6.45) is 6.41. The Balaban J connectivity index is 1.71. The maximum atomic E-state index is 6.02. The highest BCUT2D eigenvalue weighted by molar-refractivity contribution is 6.34. The van der Waals surface area contributed by atoms with Crippen LogP contribution in [0, 0.1) is 0 Å². The number of pyridine rings is 2. The Morgan fingerprint density at radius 3 is 3.11 bits per heavy atom. The first kappa shape index (κ1) is 11.9. The molecule has 3 rings (SSSR count).